The maximum Gasteiger partial charge on any atom is 0.267 e. The first-order valence-electron chi connectivity index (χ1n) is 5.20. The van der Waals surface area contributed by atoms with Crippen LogP contribution >= 0.6 is 15.9 Å². The Balaban J connectivity index is 3.10. The Morgan fingerprint density at radius 3 is 2.71 bits per heavy atom. The zero-order valence-electron chi connectivity index (χ0n) is 9.38. The van der Waals surface area contributed by atoms with Gasteiger partial charge in [-0.25, -0.2) is 8.78 Å². The van der Waals surface area contributed by atoms with Gasteiger partial charge in [0, 0.05) is 6.42 Å². The van der Waals surface area contributed by atoms with Crippen LogP contribution < -0.4 is 4.74 Å². The Hall–Kier alpha value is -0.970. The molecule has 0 saturated carbocycles. The first kappa shape index (κ1) is 14.1. The highest BCUT2D eigenvalue weighted by molar-refractivity contribution is 9.09. The number of carbonyl (C=O) groups excluding carboxylic acids is 1. The molecule has 0 saturated heterocycles. The van der Waals surface area contributed by atoms with Crippen LogP contribution in [0, 0.1) is 0 Å². The van der Waals surface area contributed by atoms with E-state index in [0.717, 1.165) is 0 Å². The molecule has 0 spiro atoms. The topological polar surface area (TPSA) is 26.3 Å². The van der Waals surface area contributed by atoms with Crippen molar-refractivity contribution in [3.8, 4) is 5.75 Å². The molecule has 0 bridgehead atoms. The van der Waals surface area contributed by atoms with Crippen LogP contribution in [-0.4, -0.2) is 17.7 Å². The quantitative estimate of drug-likeness (QED) is 0.752. The van der Waals surface area contributed by atoms with E-state index in [9.17, 15) is 13.6 Å². The average Bonchev–Trinajstić information content (AvgIpc) is 2.29. The van der Waals surface area contributed by atoms with Crippen LogP contribution in [0.1, 0.15) is 24.5 Å². The Morgan fingerprint density at radius 2 is 2.18 bits per heavy atom. The highest BCUT2D eigenvalue weighted by atomic mass is 79.9. The van der Waals surface area contributed by atoms with Crippen LogP contribution in [0.15, 0.2) is 18.2 Å². The van der Waals surface area contributed by atoms with Crippen molar-refractivity contribution in [1.29, 1.82) is 0 Å². The molecule has 0 aliphatic heterocycles. The second-order valence-electron chi connectivity index (χ2n) is 3.41. The van der Waals surface area contributed by atoms with Gasteiger partial charge in [0.05, 0.1) is 17.5 Å². The second kappa shape index (κ2) is 6.69. The van der Waals surface area contributed by atoms with Gasteiger partial charge in [0.15, 0.2) is 0 Å². The van der Waals surface area contributed by atoms with Crippen molar-refractivity contribution >= 4 is 21.7 Å². The largest absolute Gasteiger partial charge is 0.493 e. The van der Waals surface area contributed by atoms with E-state index in [1.807, 2.05) is 0 Å². The highest BCUT2D eigenvalue weighted by Crippen LogP contribution is 2.32. The Bertz CT molecular complexity index is 394. The van der Waals surface area contributed by atoms with Crippen LogP contribution in [-0.2, 0) is 11.2 Å². The number of benzene rings is 1. The van der Waals surface area contributed by atoms with Gasteiger partial charge in [-0.05, 0) is 18.6 Å². The summed E-state index contributed by atoms with van der Waals surface area (Å²) in [6.45, 7) is 2.04. The molecule has 0 fully saturated rings. The van der Waals surface area contributed by atoms with Gasteiger partial charge in [-0.15, -0.1) is 0 Å². The second-order valence-corrected chi connectivity index (χ2v) is 3.97. The Labute approximate surface area is 107 Å². The number of alkyl halides is 3. The summed E-state index contributed by atoms with van der Waals surface area (Å²) in [5.41, 5.74) is 0.152. The number of Topliss-reactive ketones (excluding diaryl/α,β-unsaturated/α-hetero) is 1. The maximum atomic E-state index is 13.0. The summed E-state index contributed by atoms with van der Waals surface area (Å²) in [6, 6.07) is 4.64. The predicted octanol–water partition coefficient (Wildman–Crippen LogP) is 3.53. The van der Waals surface area contributed by atoms with E-state index in [1.165, 1.54) is 12.1 Å². The van der Waals surface area contributed by atoms with Gasteiger partial charge in [-0.3, -0.25) is 4.79 Å². The molecule has 0 heterocycles. The summed E-state index contributed by atoms with van der Waals surface area (Å²) < 4.78 is 31.1. The van der Waals surface area contributed by atoms with Crippen molar-refractivity contribution in [2.45, 2.75) is 19.8 Å². The third-order valence-electron chi connectivity index (χ3n) is 2.21. The summed E-state index contributed by atoms with van der Waals surface area (Å²) in [5, 5.41) is 0.161. The van der Waals surface area contributed by atoms with Crippen molar-refractivity contribution in [1.82, 2.24) is 0 Å². The molecule has 1 aromatic carbocycles. The van der Waals surface area contributed by atoms with Gasteiger partial charge in [0.2, 0.25) is 0 Å². The van der Waals surface area contributed by atoms with Crippen molar-refractivity contribution in [3.05, 3.63) is 29.3 Å². The lowest BCUT2D eigenvalue weighted by atomic mass is 10.0. The normalized spacial score (nSPS) is 10.6. The van der Waals surface area contributed by atoms with Crippen LogP contribution in [0.3, 0.4) is 0 Å². The van der Waals surface area contributed by atoms with Crippen molar-refractivity contribution in [2.24, 2.45) is 0 Å². The molecular formula is C12H13BrF2O2. The minimum absolute atomic E-state index is 0.00810. The molecule has 94 valence electrons. The zero-order chi connectivity index (χ0) is 12.8. The molecule has 0 atom stereocenters. The van der Waals surface area contributed by atoms with Gasteiger partial charge in [0.1, 0.15) is 11.5 Å². The Kier molecular flexibility index (Phi) is 5.55. The first-order chi connectivity index (χ1) is 8.10. The summed E-state index contributed by atoms with van der Waals surface area (Å²) in [6.07, 6.45) is -2.65. The number of ether oxygens (including phenoxy) is 1. The lowest BCUT2D eigenvalue weighted by Gasteiger charge is -2.13. The molecular weight excluding hydrogens is 294 g/mol. The number of ketones is 1. The molecule has 17 heavy (non-hydrogen) atoms. The van der Waals surface area contributed by atoms with E-state index in [4.69, 9.17) is 4.74 Å². The third kappa shape index (κ3) is 3.77. The molecule has 0 radical (unpaired) electrons. The molecule has 0 unspecified atom stereocenters. The van der Waals surface area contributed by atoms with Crippen molar-refractivity contribution in [2.75, 3.05) is 11.9 Å². The smallest absolute Gasteiger partial charge is 0.267 e. The monoisotopic (exact) mass is 306 g/mol. The third-order valence-corrected chi connectivity index (χ3v) is 2.84. The SMILES string of the molecule is CCOc1cccc(CC(=O)CBr)c1C(F)F. The van der Waals surface area contributed by atoms with E-state index in [2.05, 4.69) is 15.9 Å². The fourth-order valence-electron chi connectivity index (χ4n) is 1.53. The summed E-state index contributed by atoms with van der Waals surface area (Å²) in [4.78, 5) is 11.3. The van der Waals surface area contributed by atoms with E-state index >= 15 is 0 Å². The maximum absolute atomic E-state index is 13.0. The van der Waals surface area contributed by atoms with E-state index in [-0.39, 0.29) is 28.8 Å². The lowest BCUT2D eigenvalue weighted by molar-refractivity contribution is -0.115. The molecule has 1 rings (SSSR count). The first-order valence-corrected chi connectivity index (χ1v) is 6.32. The molecule has 0 amide bonds. The molecule has 2 nitrogen and oxygen atoms in total. The van der Waals surface area contributed by atoms with Crippen molar-refractivity contribution < 1.29 is 18.3 Å². The molecule has 0 N–H and O–H groups in total. The molecule has 0 aliphatic rings. The minimum atomic E-state index is -2.64. The summed E-state index contributed by atoms with van der Waals surface area (Å²) in [7, 11) is 0. The highest BCUT2D eigenvalue weighted by Gasteiger charge is 2.19. The number of rotatable bonds is 6. The van der Waals surface area contributed by atoms with E-state index < -0.39 is 6.43 Å². The van der Waals surface area contributed by atoms with Crippen LogP contribution in [0.5, 0.6) is 5.75 Å². The lowest BCUT2D eigenvalue weighted by Crippen LogP contribution is -2.08. The van der Waals surface area contributed by atoms with Crippen LogP contribution in [0.25, 0.3) is 0 Å². The molecule has 1 aromatic rings. The van der Waals surface area contributed by atoms with Gasteiger partial charge in [0.25, 0.3) is 6.43 Å². The van der Waals surface area contributed by atoms with Gasteiger partial charge in [-0.2, -0.15) is 0 Å². The minimum Gasteiger partial charge on any atom is -0.493 e. The fraction of sp³-hybridized carbons (Fsp3) is 0.417. The summed E-state index contributed by atoms with van der Waals surface area (Å²) >= 11 is 3.01. The van der Waals surface area contributed by atoms with Crippen LogP contribution in [0.4, 0.5) is 8.78 Å². The number of hydrogen-bond acceptors (Lipinski definition) is 2. The predicted molar refractivity (Wildman–Crippen MR) is 65.1 cm³/mol. The van der Waals surface area contributed by atoms with Crippen LogP contribution in [0.2, 0.25) is 0 Å². The van der Waals surface area contributed by atoms with Gasteiger partial charge in [-0.1, -0.05) is 28.1 Å². The van der Waals surface area contributed by atoms with E-state index in [0.29, 0.717) is 12.2 Å². The zero-order valence-corrected chi connectivity index (χ0v) is 11.0. The Morgan fingerprint density at radius 1 is 1.47 bits per heavy atom. The van der Waals surface area contributed by atoms with Gasteiger partial charge >= 0.3 is 0 Å². The summed E-state index contributed by atoms with van der Waals surface area (Å²) in [5.74, 6) is 0.0166. The molecule has 0 aromatic heterocycles. The standard InChI is InChI=1S/C12H13BrF2O2/c1-2-17-10-5-3-4-8(6-9(16)7-13)11(10)12(14)15/h3-5,12H,2,6-7H2,1H3. The van der Waals surface area contributed by atoms with Gasteiger partial charge < -0.3 is 4.74 Å². The fourth-order valence-corrected chi connectivity index (χ4v) is 1.73. The number of carbonyl (C=O) groups is 1. The average molecular weight is 307 g/mol. The van der Waals surface area contributed by atoms with Crippen molar-refractivity contribution in [3.63, 3.8) is 0 Å². The molecule has 5 heteroatoms. The number of halogens is 3. The number of hydrogen-bond donors (Lipinski definition) is 0. The molecule has 0 aliphatic carbocycles. The van der Waals surface area contributed by atoms with E-state index in [1.54, 1.807) is 13.0 Å².